The van der Waals surface area contributed by atoms with E-state index in [1.165, 1.54) is 12.0 Å². The van der Waals surface area contributed by atoms with Crippen molar-refractivity contribution >= 4 is 11.6 Å². The minimum Gasteiger partial charge on any atom is -0.324 e. The molecule has 0 aromatic heterocycles. The van der Waals surface area contributed by atoms with Crippen LogP contribution in [0.5, 0.6) is 0 Å². The van der Waals surface area contributed by atoms with Crippen LogP contribution < -0.4 is 5.73 Å². The molecule has 0 saturated heterocycles. The van der Waals surface area contributed by atoms with E-state index in [2.05, 4.69) is 19.9 Å². The van der Waals surface area contributed by atoms with Gasteiger partial charge in [0.1, 0.15) is 0 Å². The second kappa shape index (κ2) is 5.53. The highest BCUT2D eigenvalue weighted by molar-refractivity contribution is 6.31. The smallest absolute Gasteiger partial charge is 0.0438 e. The van der Waals surface area contributed by atoms with Crippen molar-refractivity contribution in [1.82, 2.24) is 0 Å². The molecule has 84 valence electrons. The summed E-state index contributed by atoms with van der Waals surface area (Å²) < 4.78 is 0. The van der Waals surface area contributed by atoms with Crippen molar-refractivity contribution in [3.05, 3.63) is 34.3 Å². The molecule has 2 heteroatoms. The summed E-state index contributed by atoms with van der Waals surface area (Å²) in [5.41, 5.74) is 8.49. The average Bonchev–Trinajstić information content (AvgIpc) is 2.21. The van der Waals surface area contributed by atoms with Crippen molar-refractivity contribution in [3.8, 4) is 0 Å². The Morgan fingerprint density at radius 2 is 2.07 bits per heavy atom. The number of hydrogen-bond acceptors (Lipinski definition) is 1. The number of halogens is 1. The molecule has 0 aliphatic heterocycles. The summed E-state index contributed by atoms with van der Waals surface area (Å²) in [6.07, 6.45) is 2.20. The van der Waals surface area contributed by atoms with Gasteiger partial charge in [0, 0.05) is 11.1 Å². The second-order valence-corrected chi connectivity index (χ2v) is 4.72. The normalized spacial score (nSPS) is 15.0. The third-order valence-corrected chi connectivity index (χ3v) is 3.47. The summed E-state index contributed by atoms with van der Waals surface area (Å²) >= 11 is 6.07. The van der Waals surface area contributed by atoms with Gasteiger partial charge in [0.05, 0.1) is 0 Å². The van der Waals surface area contributed by atoms with Gasteiger partial charge in [0.15, 0.2) is 0 Å². The maximum atomic E-state index is 6.18. The lowest BCUT2D eigenvalue weighted by Gasteiger charge is -2.18. The first-order valence-corrected chi connectivity index (χ1v) is 5.94. The number of benzene rings is 1. The van der Waals surface area contributed by atoms with E-state index < -0.39 is 0 Å². The SMILES string of the molecule is CCC(C)CC(N)c1cccc(Cl)c1C. The lowest BCUT2D eigenvalue weighted by molar-refractivity contribution is 0.460. The van der Waals surface area contributed by atoms with E-state index in [-0.39, 0.29) is 6.04 Å². The maximum absolute atomic E-state index is 6.18. The molecule has 0 bridgehead atoms. The fourth-order valence-corrected chi connectivity index (χ4v) is 1.93. The lowest BCUT2D eigenvalue weighted by atomic mass is 9.92. The predicted octanol–water partition coefficient (Wildman–Crippen LogP) is 4.08. The Kier molecular flexibility index (Phi) is 4.62. The fraction of sp³-hybridized carbons (Fsp3) is 0.538. The molecule has 1 rings (SSSR count). The van der Waals surface area contributed by atoms with Crippen LogP contribution in [0.1, 0.15) is 43.9 Å². The summed E-state index contributed by atoms with van der Waals surface area (Å²) in [7, 11) is 0. The molecule has 1 nitrogen and oxygen atoms in total. The van der Waals surface area contributed by atoms with E-state index >= 15 is 0 Å². The first kappa shape index (κ1) is 12.5. The molecule has 2 N–H and O–H groups in total. The molecule has 0 saturated carbocycles. The summed E-state index contributed by atoms with van der Waals surface area (Å²) in [5, 5.41) is 0.812. The van der Waals surface area contributed by atoms with E-state index in [4.69, 9.17) is 17.3 Å². The molecule has 0 amide bonds. The minimum atomic E-state index is 0.110. The Hall–Kier alpha value is -0.530. The van der Waals surface area contributed by atoms with Gasteiger partial charge in [0.2, 0.25) is 0 Å². The zero-order chi connectivity index (χ0) is 11.4. The molecule has 2 unspecified atom stereocenters. The Morgan fingerprint density at radius 3 is 2.67 bits per heavy atom. The van der Waals surface area contributed by atoms with Crippen LogP contribution in [0, 0.1) is 12.8 Å². The molecule has 0 spiro atoms. The van der Waals surface area contributed by atoms with Crippen LogP contribution in [-0.4, -0.2) is 0 Å². The van der Waals surface area contributed by atoms with Gasteiger partial charge in [0.25, 0.3) is 0 Å². The first-order valence-electron chi connectivity index (χ1n) is 5.56. The second-order valence-electron chi connectivity index (χ2n) is 4.31. The monoisotopic (exact) mass is 225 g/mol. The first-order chi connectivity index (χ1) is 7.06. The van der Waals surface area contributed by atoms with Crippen molar-refractivity contribution in [1.29, 1.82) is 0 Å². The maximum Gasteiger partial charge on any atom is 0.0438 e. The van der Waals surface area contributed by atoms with Gasteiger partial charge in [-0.25, -0.2) is 0 Å². The predicted molar refractivity (Wildman–Crippen MR) is 67.2 cm³/mol. The van der Waals surface area contributed by atoms with Crippen molar-refractivity contribution in [2.45, 2.75) is 39.7 Å². The quantitative estimate of drug-likeness (QED) is 0.821. The van der Waals surface area contributed by atoms with Gasteiger partial charge < -0.3 is 5.73 Å². The molecule has 0 aliphatic rings. The van der Waals surface area contributed by atoms with Crippen molar-refractivity contribution in [2.75, 3.05) is 0 Å². The summed E-state index contributed by atoms with van der Waals surface area (Å²) in [5.74, 6) is 0.665. The van der Waals surface area contributed by atoms with Gasteiger partial charge in [-0.1, -0.05) is 44.0 Å². The fourth-order valence-electron chi connectivity index (χ4n) is 1.75. The summed E-state index contributed by atoms with van der Waals surface area (Å²) in [4.78, 5) is 0. The van der Waals surface area contributed by atoms with E-state index in [9.17, 15) is 0 Å². The molecule has 1 aromatic rings. The zero-order valence-electron chi connectivity index (χ0n) is 9.76. The average molecular weight is 226 g/mol. The van der Waals surface area contributed by atoms with Crippen LogP contribution in [0.25, 0.3) is 0 Å². The Bertz CT molecular complexity index is 322. The zero-order valence-corrected chi connectivity index (χ0v) is 10.5. The molecule has 1 aromatic carbocycles. The van der Waals surface area contributed by atoms with E-state index in [0.717, 1.165) is 17.0 Å². The van der Waals surface area contributed by atoms with Crippen LogP contribution in [0.2, 0.25) is 5.02 Å². The third-order valence-electron chi connectivity index (χ3n) is 3.06. The summed E-state index contributed by atoms with van der Waals surface area (Å²) in [6, 6.07) is 6.07. The highest BCUT2D eigenvalue weighted by Gasteiger charge is 2.13. The van der Waals surface area contributed by atoms with Crippen LogP contribution in [0.15, 0.2) is 18.2 Å². The van der Waals surface area contributed by atoms with Crippen molar-refractivity contribution in [3.63, 3.8) is 0 Å². The molecule has 2 atom stereocenters. The van der Waals surface area contributed by atoms with E-state index in [1.54, 1.807) is 0 Å². The van der Waals surface area contributed by atoms with Gasteiger partial charge >= 0.3 is 0 Å². The van der Waals surface area contributed by atoms with Gasteiger partial charge in [-0.3, -0.25) is 0 Å². The topological polar surface area (TPSA) is 26.0 Å². The van der Waals surface area contributed by atoms with Gasteiger partial charge in [-0.2, -0.15) is 0 Å². The summed E-state index contributed by atoms with van der Waals surface area (Å²) in [6.45, 7) is 6.47. The highest BCUT2D eigenvalue weighted by atomic mass is 35.5. The largest absolute Gasteiger partial charge is 0.324 e. The third kappa shape index (κ3) is 3.22. The minimum absolute atomic E-state index is 0.110. The lowest BCUT2D eigenvalue weighted by Crippen LogP contribution is -2.15. The van der Waals surface area contributed by atoms with Crippen LogP contribution in [0.4, 0.5) is 0 Å². The van der Waals surface area contributed by atoms with Crippen molar-refractivity contribution < 1.29 is 0 Å². The Balaban J connectivity index is 2.82. The Morgan fingerprint density at radius 1 is 1.40 bits per heavy atom. The molecule has 0 heterocycles. The van der Waals surface area contributed by atoms with E-state index in [1.807, 2.05) is 19.1 Å². The number of hydrogen-bond donors (Lipinski definition) is 1. The molecular weight excluding hydrogens is 206 g/mol. The Labute approximate surface area is 97.6 Å². The van der Waals surface area contributed by atoms with Crippen LogP contribution in [-0.2, 0) is 0 Å². The van der Waals surface area contributed by atoms with Crippen molar-refractivity contribution in [2.24, 2.45) is 11.7 Å². The van der Waals surface area contributed by atoms with Crippen LogP contribution >= 0.6 is 11.6 Å². The molecule has 15 heavy (non-hydrogen) atoms. The molecule has 0 radical (unpaired) electrons. The molecule has 0 fully saturated rings. The molecular formula is C13H20ClN. The van der Waals surface area contributed by atoms with E-state index in [0.29, 0.717) is 5.92 Å². The highest BCUT2D eigenvalue weighted by Crippen LogP contribution is 2.27. The standard InChI is InChI=1S/C13H20ClN/c1-4-9(2)8-13(15)11-6-5-7-12(14)10(11)3/h5-7,9,13H,4,8,15H2,1-3H3. The molecule has 0 aliphatic carbocycles. The number of nitrogens with two attached hydrogens (primary N) is 1. The van der Waals surface area contributed by atoms with Gasteiger partial charge in [-0.15, -0.1) is 0 Å². The van der Waals surface area contributed by atoms with Gasteiger partial charge in [-0.05, 0) is 36.5 Å². The van der Waals surface area contributed by atoms with Crippen LogP contribution in [0.3, 0.4) is 0 Å². The number of rotatable bonds is 4.